The van der Waals surface area contributed by atoms with Crippen molar-refractivity contribution in [2.24, 2.45) is 4.99 Å². The van der Waals surface area contributed by atoms with E-state index in [1.54, 1.807) is 36.6 Å². The van der Waals surface area contributed by atoms with Crippen LogP contribution in [-0.2, 0) is 16.1 Å². The average Bonchev–Trinajstić information content (AvgIpc) is 3.22. The standard InChI is InChI=1S/C30H24Cl2N2O4S/c1-3-37-29(36)26-18(2)33-30-34(27(26)19-9-5-4-6-10-19)28(35)25(39-30)15-20-11-7-8-12-24(20)38-17-21-13-14-22(31)16-23(21)32/h4-16,27H,3,17H2,1-2H3/b25-15-. The molecule has 6 nitrogen and oxygen atoms in total. The lowest BCUT2D eigenvalue weighted by molar-refractivity contribution is -0.139. The summed E-state index contributed by atoms with van der Waals surface area (Å²) in [5.74, 6) is 0.110. The number of carbonyl (C=O) groups is 1. The van der Waals surface area contributed by atoms with E-state index in [1.165, 1.54) is 11.3 Å². The first-order valence-corrected chi connectivity index (χ1v) is 13.8. The zero-order valence-electron chi connectivity index (χ0n) is 21.2. The van der Waals surface area contributed by atoms with E-state index in [0.717, 1.165) is 16.7 Å². The molecule has 1 unspecified atom stereocenters. The van der Waals surface area contributed by atoms with Crippen LogP contribution in [0.25, 0.3) is 6.08 Å². The Morgan fingerprint density at radius 2 is 1.82 bits per heavy atom. The molecule has 0 fully saturated rings. The Morgan fingerprint density at radius 1 is 1.08 bits per heavy atom. The maximum atomic E-state index is 13.8. The van der Waals surface area contributed by atoms with Crippen molar-refractivity contribution in [1.29, 1.82) is 0 Å². The number of rotatable bonds is 7. The van der Waals surface area contributed by atoms with E-state index >= 15 is 0 Å². The Labute approximate surface area is 239 Å². The summed E-state index contributed by atoms with van der Waals surface area (Å²) < 4.78 is 13.5. The van der Waals surface area contributed by atoms with Crippen molar-refractivity contribution in [2.75, 3.05) is 6.61 Å². The van der Waals surface area contributed by atoms with Crippen LogP contribution in [0.2, 0.25) is 10.0 Å². The number of hydrogen-bond donors (Lipinski definition) is 0. The summed E-state index contributed by atoms with van der Waals surface area (Å²) in [4.78, 5) is 32.0. The number of hydrogen-bond acceptors (Lipinski definition) is 6. The number of ether oxygens (including phenoxy) is 2. The van der Waals surface area contributed by atoms with Gasteiger partial charge in [-0.3, -0.25) is 9.36 Å². The largest absolute Gasteiger partial charge is 0.488 e. The molecule has 2 heterocycles. The molecular formula is C30H24Cl2N2O4S. The van der Waals surface area contributed by atoms with Crippen LogP contribution in [0.5, 0.6) is 5.75 Å². The lowest BCUT2D eigenvalue weighted by Crippen LogP contribution is -2.39. The molecule has 0 spiro atoms. The van der Waals surface area contributed by atoms with Crippen LogP contribution < -0.4 is 19.6 Å². The molecular weight excluding hydrogens is 555 g/mol. The fourth-order valence-electron chi connectivity index (χ4n) is 4.41. The van der Waals surface area contributed by atoms with Gasteiger partial charge in [-0.15, -0.1) is 0 Å². The fraction of sp³-hybridized carbons (Fsp3) is 0.167. The maximum absolute atomic E-state index is 13.8. The van der Waals surface area contributed by atoms with Gasteiger partial charge in [-0.1, -0.05) is 89.1 Å². The summed E-state index contributed by atoms with van der Waals surface area (Å²) in [5, 5.41) is 1.07. The van der Waals surface area contributed by atoms with E-state index in [9.17, 15) is 9.59 Å². The van der Waals surface area contributed by atoms with Crippen LogP contribution in [0.15, 0.2) is 93.9 Å². The topological polar surface area (TPSA) is 69.9 Å². The molecule has 1 aliphatic rings. The van der Waals surface area contributed by atoms with Crippen LogP contribution in [-0.4, -0.2) is 17.1 Å². The van der Waals surface area contributed by atoms with Gasteiger partial charge in [0.1, 0.15) is 12.4 Å². The van der Waals surface area contributed by atoms with E-state index in [2.05, 4.69) is 4.99 Å². The molecule has 3 aromatic carbocycles. The Kier molecular flexibility index (Phi) is 8.02. The lowest BCUT2D eigenvalue weighted by atomic mass is 9.96. The first kappa shape index (κ1) is 26.9. The highest BCUT2D eigenvalue weighted by Gasteiger charge is 2.33. The zero-order valence-corrected chi connectivity index (χ0v) is 23.5. The van der Waals surface area contributed by atoms with Crippen molar-refractivity contribution >= 4 is 46.6 Å². The highest BCUT2D eigenvalue weighted by molar-refractivity contribution is 7.07. The molecule has 39 heavy (non-hydrogen) atoms. The molecule has 1 atom stereocenters. The fourth-order valence-corrected chi connectivity index (χ4v) is 5.91. The van der Waals surface area contributed by atoms with Gasteiger partial charge in [-0.05, 0) is 43.7 Å². The number of para-hydroxylation sites is 1. The Balaban J connectivity index is 1.58. The van der Waals surface area contributed by atoms with Crippen LogP contribution in [0.1, 0.15) is 36.6 Å². The van der Waals surface area contributed by atoms with E-state index in [1.807, 2.05) is 60.7 Å². The highest BCUT2D eigenvalue weighted by atomic mass is 35.5. The maximum Gasteiger partial charge on any atom is 0.338 e. The molecule has 5 rings (SSSR count). The Hall–Kier alpha value is -3.65. The van der Waals surface area contributed by atoms with Crippen molar-refractivity contribution in [3.05, 3.63) is 130 Å². The second-order valence-corrected chi connectivity index (χ2v) is 10.6. The molecule has 0 N–H and O–H groups in total. The minimum Gasteiger partial charge on any atom is -0.488 e. The van der Waals surface area contributed by atoms with Gasteiger partial charge in [0, 0.05) is 21.2 Å². The number of benzene rings is 3. The molecule has 0 radical (unpaired) electrons. The van der Waals surface area contributed by atoms with Crippen LogP contribution in [0.4, 0.5) is 0 Å². The number of allylic oxidation sites excluding steroid dienone is 1. The minimum absolute atomic E-state index is 0.222. The van der Waals surface area contributed by atoms with Gasteiger partial charge in [-0.2, -0.15) is 0 Å². The monoisotopic (exact) mass is 578 g/mol. The van der Waals surface area contributed by atoms with Gasteiger partial charge in [0.25, 0.3) is 5.56 Å². The van der Waals surface area contributed by atoms with E-state index in [0.29, 0.717) is 36.4 Å². The van der Waals surface area contributed by atoms with Gasteiger partial charge in [0.15, 0.2) is 4.80 Å². The average molecular weight is 580 g/mol. The number of esters is 1. The number of nitrogens with zero attached hydrogens (tertiary/aromatic N) is 2. The van der Waals surface area contributed by atoms with E-state index < -0.39 is 12.0 Å². The van der Waals surface area contributed by atoms with Gasteiger partial charge < -0.3 is 9.47 Å². The normalized spacial score (nSPS) is 15.1. The van der Waals surface area contributed by atoms with Gasteiger partial charge in [0.05, 0.1) is 28.5 Å². The zero-order chi connectivity index (χ0) is 27.5. The third-order valence-electron chi connectivity index (χ3n) is 6.24. The van der Waals surface area contributed by atoms with Crippen LogP contribution in [0, 0.1) is 0 Å². The third-order valence-corrected chi connectivity index (χ3v) is 7.81. The van der Waals surface area contributed by atoms with Crippen LogP contribution >= 0.6 is 34.5 Å². The van der Waals surface area contributed by atoms with Crippen molar-refractivity contribution in [1.82, 2.24) is 4.57 Å². The van der Waals surface area contributed by atoms with Crippen molar-refractivity contribution in [3.63, 3.8) is 0 Å². The SMILES string of the molecule is CCOC(=O)C1=C(C)N=c2s/c(=C\c3ccccc3OCc3ccc(Cl)cc3Cl)c(=O)n2C1c1ccccc1. The molecule has 1 aromatic heterocycles. The summed E-state index contributed by atoms with van der Waals surface area (Å²) in [7, 11) is 0. The van der Waals surface area contributed by atoms with Crippen molar-refractivity contribution < 1.29 is 14.3 Å². The van der Waals surface area contributed by atoms with Crippen LogP contribution in [0.3, 0.4) is 0 Å². The number of aromatic nitrogens is 1. The molecule has 0 bridgehead atoms. The summed E-state index contributed by atoms with van der Waals surface area (Å²) >= 11 is 13.6. The van der Waals surface area contributed by atoms with Gasteiger partial charge in [0.2, 0.25) is 0 Å². The van der Waals surface area contributed by atoms with E-state index in [4.69, 9.17) is 32.7 Å². The predicted octanol–water partition coefficient (Wildman–Crippen LogP) is 5.68. The molecule has 4 aromatic rings. The predicted molar refractivity (Wildman–Crippen MR) is 154 cm³/mol. The summed E-state index contributed by atoms with van der Waals surface area (Å²) in [6.07, 6.45) is 1.79. The Bertz CT molecular complexity index is 1760. The summed E-state index contributed by atoms with van der Waals surface area (Å²) in [5.41, 5.74) is 2.94. The molecule has 0 saturated heterocycles. The lowest BCUT2D eigenvalue weighted by Gasteiger charge is -2.24. The molecule has 0 aliphatic carbocycles. The third kappa shape index (κ3) is 5.57. The molecule has 9 heteroatoms. The number of halogens is 2. The number of carbonyl (C=O) groups excluding carboxylic acids is 1. The summed E-state index contributed by atoms with van der Waals surface area (Å²) in [6, 6.07) is 21.5. The van der Waals surface area contributed by atoms with Gasteiger partial charge >= 0.3 is 5.97 Å². The smallest absolute Gasteiger partial charge is 0.338 e. The second kappa shape index (κ2) is 11.6. The highest BCUT2D eigenvalue weighted by Crippen LogP contribution is 2.30. The molecule has 198 valence electrons. The first-order valence-electron chi connectivity index (χ1n) is 12.3. The number of thiazole rings is 1. The van der Waals surface area contributed by atoms with Crippen molar-refractivity contribution in [3.8, 4) is 5.75 Å². The quantitative estimate of drug-likeness (QED) is 0.264. The number of fused-ring (bicyclic) bond motifs is 1. The van der Waals surface area contributed by atoms with Crippen molar-refractivity contribution in [2.45, 2.75) is 26.5 Å². The molecule has 0 amide bonds. The van der Waals surface area contributed by atoms with E-state index in [-0.39, 0.29) is 18.8 Å². The Morgan fingerprint density at radius 3 is 2.56 bits per heavy atom. The minimum atomic E-state index is -0.651. The molecule has 0 saturated carbocycles. The summed E-state index contributed by atoms with van der Waals surface area (Å²) in [6.45, 7) is 3.98. The second-order valence-electron chi connectivity index (χ2n) is 8.78. The first-order chi connectivity index (χ1) is 18.9. The van der Waals surface area contributed by atoms with Gasteiger partial charge in [-0.25, -0.2) is 9.79 Å². The molecule has 1 aliphatic heterocycles.